The lowest BCUT2D eigenvalue weighted by Gasteiger charge is -2.20. The maximum absolute atomic E-state index is 10.9. The second kappa shape index (κ2) is 10.7. The Morgan fingerprint density at radius 3 is 2.16 bits per heavy atom. The third-order valence-corrected chi connectivity index (χ3v) is 5.08. The van der Waals surface area contributed by atoms with Crippen LogP contribution in [0.2, 0.25) is 0 Å². The number of hydrogen-bond donors (Lipinski definition) is 0. The number of aromatic nitrogens is 1. The van der Waals surface area contributed by atoms with Gasteiger partial charge in [0.1, 0.15) is 11.6 Å². The van der Waals surface area contributed by atoms with E-state index in [-0.39, 0.29) is 11.3 Å². The Morgan fingerprint density at radius 2 is 1.56 bits per heavy atom. The number of nitro groups is 1. The van der Waals surface area contributed by atoms with Gasteiger partial charge in [-0.3, -0.25) is 15.1 Å². The molecule has 6 nitrogen and oxygen atoms in total. The monoisotopic (exact) mass is 424 g/mol. The Morgan fingerprint density at radius 1 is 0.938 bits per heavy atom. The van der Waals surface area contributed by atoms with Gasteiger partial charge in [-0.1, -0.05) is 36.4 Å². The van der Waals surface area contributed by atoms with Crippen molar-refractivity contribution in [2.24, 2.45) is 0 Å². The highest BCUT2D eigenvalue weighted by atomic mass is 16.6. The molecule has 0 radical (unpaired) electrons. The third kappa shape index (κ3) is 5.67. The Hall–Kier alpha value is -4.24. The van der Waals surface area contributed by atoms with E-state index in [0.717, 1.165) is 29.9 Å². The zero-order valence-electron chi connectivity index (χ0n) is 18.1. The highest BCUT2D eigenvalue weighted by molar-refractivity contribution is 5.72. The van der Waals surface area contributed by atoms with Gasteiger partial charge < -0.3 is 4.90 Å². The molecule has 0 spiro atoms. The summed E-state index contributed by atoms with van der Waals surface area (Å²) in [4.78, 5) is 17.1. The minimum Gasteiger partial charge on any atom is -0.372 e. The first-order valence-electron chi connectivity index (χ1n) is 10.4. The van der Waals surface area contributed by atoms with E-state index in [0.29, 0.717) is 5.56 Å². The molecule has 32 heavy (non-hydrogen) atoms. The average molecular weight is 425 g/mol. The van der Waals surface area contributed by atoms with Gasteiger partial charge in [-0.2, -0.15) is 5.26 Å². The molecule has 0 saturated heterocycles. The number of pyridine rings is 1. The molecule has 3 rings (SSSR count). The van der Waals surface area contributed by atoms with Crippen LogP contribution in [0.4, 0.5) is 11.4 Å². The van der Waals surface area contributed by atoms with E-state index in [9.17, 15) is 10.1 Å². The fourth-order valence-corrected chi connectivity index (χ4v) is 3.28. The van der Waals surface area contributed by atoms with Gasteiger partial charge in [0.2, 0.25) is 0 Å². The number of nitrogens with zero attached hydrogens (tertiary/aromatic N) is 4. The predicted molar refractivity (Wildman–Crippen MR) is 130 cm³/mol. The summed E-state index contributed by atoms with van der Waals surface area (Å²) in [6.07, 6.45) is 9.44. The van der Waals surface area contributed by atoms with E-state index in [1.807, 2.05) is 30.4 Å². The van der Waals surface area contributed by atoms with Gasteiger partial charge in [0.05, 0.1) is 10.6 Å². The molecule has 3 aromatic rings. The standard InChI is InChI=1S/C26H24N4O2/c1-3-29(4-2)25-14-9-20(10-15-25)5-6-22-8-13-24(28-19-22)12-7-21-11-16-26(30(31)32)23(17-21)18-27/h5-17,19H,3-4H2,1-2H3. The molecule has 0 N–H and O–H groups in total. The number of hydrogen-bond acceptors (Lipinski definition) is 5. The molecular weight excluding hydrogens is 400 g/mol. The van der Waals surface area contributed by atoms with Crippen molar-refractivity contribution in [3.05, 3.63) is 98.9 Å². The van der Waals surface area contributed by atoms with Crippen LogP contribution in [0.25, 0.3) is 24.3 Å². The topological polar surface area (TPSA) is 83.1 Å². The first-order chi connectivity index (χ1) is 15.5. The van der Waals surface area contributed by atoms with Gasteiger partial charge in [-0.25, -0.2) is 0 Å². The highest BCUT2D eigenvalue weighted by Gasteiger charge is 2.12. The third-order valence-electron chi connectivity index (χ3n) is 5.08. The normalized spacial score (nSPS) is 11.0. The molecule has 1 aromatic heterocycles. The highest BCUT2D eigenvalue weighted by Crippen LogP contribution is 2.20. The molecule has 0 amide bonds. The summed E-state index contributed by atoms with van der Waals surface area (Å²) < 4.78 is 0. The van der Waals surface area contributed by atoms with Crippen molar-refractivity contribution in [2.75, 3.05) is 18.0 Å². The summed E-state index contributed by atoms with van der Waals surface area (Å²) in [6.45, 7) is 6.28. The largest absolute Gasteiger partial charge is 0.372 e. The van der Waals surface area contributed by atoms with Crippen LogP contribution < -0.4 is 4.90 Å². The average Bonchev–Trinajstić information content (AvgIpc) is 2.83. The predicted octanol–water partition coefficient (Wildman–Crippen LogP) is 6.05. The van der Waals surface area contributed by atoms with Gasteiger partial charge >= 0.3 is 0 Å². The summed E-state index contributed by atoms with van der Waals surface area (Å²) in [5.41, 5.74) is 4.62. The molecule has 6 heteroatoms. The van der Waals surface area contributed by atoms with Gasteiger partial charge in [0.15, 0.2) is 0 Å². The van der Waals surface area contributed by atoms with E-state index in [4.69, 9.17) is 5.26 Å². The lowest BCUT2D eigenvalue weighted by molar-refractivity contribution is -0.385. The van der Waals surface area contributed by atoms with Crippen molar-refractivity contribution < 1.29 is 4.92 Å². The zero-order valence-corrected chi connectivity index (χ0v) is 18.1. The van der Waals surface area contributed by atoms with Crippen molar-refractivity contribution in [1.82, 2.24) is 4.98 Å². The minimum absolute atomic E-state index is 0.0377. The molecule has 0 atom stereocenters. The SMILES string of the molecule is CCN(CC)c1ccc(C=Cc2ccc(C=Cc3ccc([N+](=O)[O-])c(C#N)c3)nc2)cc1. The number of nitro benzene ring substituents is 1. The van der Waals surface area contributed by atoms with Crippen molar-refractivity contribution >= 4 is 35.7 Å². The van der Waals surface area contributed by atoms with Crippen molar-refractivity contribution in [3.8, 4) is 6.07 Å². The van der Waals surface area contributed by atoms with E-state index in [1.165, 1.54) is 17.8 Å². The van der Waals surface area contributed by atoms with Crippen molar-refractivity contribution in [1.29, 1.82) is 5.26 Å². The molecule has 0 unspecified atom stereocenters. The number of anilines is 1. The molecule has 1 heterocycles. The molecule has 0 fully saturated rings. The van der Waals surface area contributed by atoms with E-state index in [1.54, 1.807) is 18.3 Å². The van der Waals surface area contributed by atoms with Crippen LogP contribution in [-0.2, 0) is 0 Å². The quantitative estimate of drug-likeness (QED) is 0.325. The van der Waals surface area contributed by atoms with Gasteiger partial charge in [-0.15, -0.1) is 0 Å². The molecule has 0 bridgehead atoms. The lowest BCUT2D eigenvalue weighted by atomic mass is 10.1. The van der Waals surface area contributed by atoms with Gasteiger partial charge in [-0.05, 0) is 66.9 Å². The van der Waals surface area contributed by atoms with Crippen LogP contribution in [0.5, 0.6) is 0 Å². The maximum Gasteiger partial charge on any atom is 0.287 e. The maximum atomic E-state index is 10.9. The first-order valence-corrected chi connectivity index (χ1v) is 10.4. The zero-order chi connectivity index (χ0) is 22.9. The Bertz CT molecular complexity index is 1170. The summed E-state index contributed by atoms with van der Waals surface area (Å²) in [5.74, 6) is 0. The van der Waals surface area contributed by atoms with Crippen LogP contribution >= 0.6 is 0 Å². The van der Waals surface area contributed by atoms with Gasteiger partial charge in [0.25, 0.3) is 5.69 Å². The smallest absolute Gasteiger partial charge is 0.287 e. The van der Waals surface area contributed by atoms with E-state index >= 15 is 0 Å². The van der Waals surface area contributed by atoms with E-state index < -0.39 is 4.92 Å². The number of benzene rings is 2. The lowest BCUT2D eigenvalue weighted by Crippen LogP contribution is -2.21. The summed E-state index contributed by atoms with van der Waals surface area (Å²) >= 11 is 0. The fraction of sp³-hybridized carbons (Fsp3) is 0.154. The summed E-state index contributed by atoms with van der Waals surface area (Å²) in [7, 11) is 0. The number of nitriles is 1. The van der Waals surface area contributed by atoms with Crippen LogP contribution in [0, 0.1) is 21.4 Å². The van der Waals surface area contributed by atoms with Crippen LogP contribution in [0.15, 0.2) is 60.8 Å². The summed E-state index contributed by atoms with van der Waals surface area (Å²) in [6, 6.07) is 18.7. The Labute approximate surface area is 187 Å². The van der Waals surface area contributed by atoms with Gasteiger partial charge in [0, 0.05) is 31.0 Å². The van der Waals surface area contributed by atoms with Crippen LogP contribution in [-0.4, -0.2) is 23.0 Å². The molecule has 0 aliphatic rings. The number of rotatable bonds is 8. The summed E-state index contributed by atoms with van der Waals surface area (Å²) in [5, 5.41) is 20.0. The second-order valence-corrected chi connectivity index (χ2v) is 7.09. The molecule has 0 saturated carbocycles. The van der Waals surface area contributed by atoms with E-state index in [2.05, 4.69) is 54.1 Å². The molecular formula is C26H24N4O2. The van der Waals surface area contributed by atoms with Crippen LogP contribution in [0.3, 0.4) is 0 Å². The molecule has 2 aromatic carbocycles. The van der Waals surface area contributed by atoms with Crippen molar-refractivity contribution in [3.63, 3.8) is 0 Å². The van der Waals surface area contributed by atoms with Crippen molar-refractivity contribution in [2.45, 2.75) is 13.8 Å². The van der Waals surface area contributed by atoms with Crippen LogP contribution in [0.1, 0.15) is 41.8 Å². The Balaban J connectivity index is 1.66. The first kappa shape index (κ1) is 22.4. The minimum atomic E-state index is -0.556. The second-order valence-electron chi connectivity index (χ2n) is 7.09. The molecule has 160 valence electrons. The molecule has 0 aliphatic heterocycles. The fourth-order valence-electron chi connectivity index (χ4n) is 3.28. The Kier molecular flexibility index (Phi) is 7.50. The molecule has 0 aliphatic carbocycles.